The van der Waals surface area contributed by atoms with Gasteiger partial charge in [0.2, 0.25) is 0 Å². The van der Waals surface area contributed by atoms with Crippen molar-refractivity contribution < 1.29 is 4.42 Å². The molecule has 1 aromatic heterocycles. The van der Waals surface area contributed by atoms with Gasteiger partial charge in [-0.05, 0) is 36.1 Å². The molecule has 0 saturated heterocycles. The van der Waals surface area contributed by atoms with Crippen LogP contribution in [-0.4, -0.2) is 0 Å². The normalized spacial score (nSPS) is 15.2. The molecule has 2 aromatic rings. The first-order chi connectivity index (χ1) is 8.52. The van der Waals surface area contributed by atoms with Gasteiger partial charge in [0, 0.05) is 10.4 Å². The van der Waals surface area contributed by atoms with Gasteiger partial charge in [0.05, 0.1) is 6.04 Å². The van der Waals surface area contributed by atoms with E-state index in [4.69, 9.17) is 21.9 Å². The zero-order valence-corrected chi connectivity index (χ0v) is 11.7. The summed E-state index contributed by atoms with van der Waals surface area (Å²) in [5.41, 5.74) is 3.69. The zero-order valence-electron chi connectivity index (χ0n) is 10.9. The van der Waals surface area contributed by atoms with Crippen molar-refractivity contribution >= 4 is 22.6 Å². The highest BCUT2D eigenvalue weighted by molar-refractivity contribution is 6.31. The quantitative estimate of drug-likeness (QED) is 0.652. The molecule has 1 aromatic carbocycles. The van der Waals surface area contributed by atoms with Gasteiger partial charge in [-0.25, -0.2) is 5.43 Å². The van der Waals surface area contributed by atoms with Crippen LogP contribution in [0.4, 0.5) is 0 Å². The number of rotatable bonds is 4. The van der Waals surface area contributed by atoms with Crippen LogP contribution in [0.2, 0.25) is 5.02 Å². The van der Waals surface area contributed by atoms with Gasteiger partial charge in [0.15, 0.2) is 0 Å². The summed E-state index contributed by atoms with van der Waals surface area (Å²) in [6, 6.07) is 7.63. The summed E-state index contributed by atoms with van der Waals surface area (Å²) in [6.07, 6.45) is 0. The minimum atomic E-state index is 0.0103. The van der Waals surface area contributed by atoms with Crippen LogP contribution in [0.1, 0.15) is 32.6 Å². The van der Waals surface area contributed by atoms with E-state index < -0.39 is 0 Å². The second-order valence-corrected chi connectivity index (χ2v) is 5.51. The van der Waals surface area contributed by atoms with Crippen LogP contribution in [0.3, 0.4) is 0 Å². The third-order valence-corrected chi connectivity index (χ3v) is 3.80. The summed E-state index contributed by atoms with van der Waals surface area (Å²) in [5, 5.41) is 1.72. The Bertz CT molecular complexity index is 536. The lowest BCUT2D eigenvalue weighted by molar-refractivity contribution is 0.274. The van der Waals surface area contributed by atoms with Crippen molar-refractivity contribution in [2.75, 3.05) is 0 Å². The third-order valence-electron chi connectivity index (χ3n) is 3.56. The van der Waals surface area contributed by atoms with Gasteiger partial charge in [-0.3, -0.25) is 5.84 Å². The molecule has 4 heteroatoms. The van der Waals surface area contributed by atoms with Gasteiger partial charge in [-0.1, -0.05) is 32.4 Å². The molecule has 0 fully saturated rings. The molecule has 0 aliphatic heterocycles. The first-order valence-corrected chi connectivity index (χ1v) is 6.56. The molecule has 2 atom stereocenters. The molecule has 2 rings (SSSR count). The maximum absolute atomic E-state index is 5.97. The van der Waals surface area contributed by atoms with Crippen molar-refractivity contribution in [3.8, 4) is 0 Å². The molecule has 2 unspecified atom stereocenters. The molecular formula is C14H19ClN2O. The standard InChI is InChI=1S/C14H19ClN2O/c1-8(2)9(3)14(17-16)13-7-10-6-11(15)4-5-12(10)18-13/h4-9,14,17H,16H2,1-3H3. The number of nitrogens with one attached hydrogen (secondary N) is 1. The van der Waals surface area contributed by atoms with Gasteiger partial charge in [0.25, 0.3) is 0 Å². The molecule has 0 bridgehead atoms. The van der Waals surface area contributed by atoms with Crippen LogP contribution >= 0.6 is 11.6 Å². The first kappa shape index (κ1) is 13.4. The minimum absolute atomic E-state index is 0.0103. The topological polar surface area (TPSA) is 51.2 Å². The number of furan rings is 1. The minimum Gasteiger partial charge on any atom is -0.459 e. The van der Waals surface area contributed by atoms with Crippen LogP contribution < -0.4 is 11.3 Å². The zero-order chi connectivity index (χ0) is 13.3. The number of fused-ring (bicyclic) bond motifs is 1. The summed E-state index contributed by atoms with van der Waals surface area (Å²) < 4.78 is 5.85. The van der Waals surface area contributed by atoms with Gasteiger partial charge >= 0.3 is 0 Å². The number of nitrogens with two attached hydrogens (primary N) is 1. The monoisotopic (exact) mass is 266 g/mol. The fraction of sp³-hybridized carbons (Fsp3) is 0.429. The van der Waals surface area contributed by atoms with E-state index in [1.165, 1.54) is 0 Å². The highest BCUT2D eigenvalue weighted by Crippen LogP contribution is 2.32. The Morgan fingerprint density at radius 3 is 2.56 bits per heavy atom. The summed E-state index contributed by atoms with van der Waals surface area (Å²) in [5.74, 6) is 7.41. The highest BCUT2D eigenvalue weighted by atomic mass is 35.5. The lowest BCUT2D eigenvalue weighted by Gasteiger charge is -2.24. The molecule has 0 saturated carbocycles. The average Bonchev–Trinajstić information content (AvgIpc) is 2.72. The van der Waals surface area contributed by atoms with Crippen LogP contribution in [0.5, 0.6) is 0 Å². The molecule has 3 nitrogen and oxygen atoms in total. The molecule has 1 heterocycles. The maximum Gasteiger partial charge on any atom is 0.134 e. The number of benzene rings is 1. The van der Waals surface area contributed by atoms with Crippen molar-refractivity contribution in [3.05, 3.63) is 35.0 Å². The molecule has 3 N–H and O–H groups in total. The Hall–Kier alpha value is -1.03. The molecule has 18 heavy (non-hydrogen) atoms. The molecule has 98 valence electrons. The third kappa shape index (κ3) is 2.53. The average molecular weight is 267 g/mol. The summed E-state index contributed by atoms with van der Waals surface area (Å²) in [7, 11) is 0. The van der Waals surface area contributed by atoms with Gasteiger partial charge < -0.3 is 4.42 Å². The Labute approximate surface area is 112 Å². The van der Waals surface area contributed by atoms with Crippen LogP contribution in [0.25, 0.3) is 11.0 Å². The summed E-state index contributed by atoms with van der Waals surface area (Å²) in [6.45, 7) is 6.51. The molecule has 0 amide bonds. The van der Waals surface area contributed by atoms with Gasteiger partial charge in [-0.2, -0.15) is 0 Å². The fourth-order valence-corrected chi connectivity index (χ4v) is 2.25. The Kier molecular flexibility index (Phi) is 3.95. The number of hydrogen-bond donors (Lipinski definition) is 2. The Morgan fingerprint density at radius 2 is 1.94 bits per heavy atom. The smallest absolute Gasteiger partial charge is 0.134 e. The second kappa shape index (κ2) is 5.31. The molecule has 0 aliphatic rings. The molecule has 0 aliphatic carbocycles. The van der Waals surface area contributed by atoms with Crippen molar-refractivity contribution in [1.29, 1.82) is 0 Å². The van der Waals surface area contributed by atoms with Gasteiger partial charge in [-0.15, -0.1) is 0 Å². The number of hydrazine groups is 1. The van der Waals surface area contributed by atoms with E-state index >= 15 is 0 Å². The van der Waals surface area contributed by atoms with E-state index in [2.05, 4.69) is 26.2 Å². The second-order valence-electron chi connectivity index (χ2n) is 5.08. The lowest BCUT2D eigenvalue weighted by Crippen LogP contribution is -2.34. The summed E-state index contributed by atoms with van der Waals surface area (Å²) in [4.78, 5) is 0. The summed E-state index contributed by atoms with van der Waals surface area (Å²) >= 11 is 5.97. The predicted octanol–water partition coefficient (Wildman–Crippen LogP) is 3.88. The van der Waals surface area contributed by atoms with Crippen LogP contribution in [0, 0.1) is 11.8 Å². The molecule has 0 radical (unpaired) electrons. The lowest BCUT2D eigenvalue weighted by atomic mass is 9.89. The van der Waals surface area contributed by atoms with E-state index in [-0.39, 0.29) is 6.04 Å². The van der Waals surface area contributed by atoms with Crippen molar-refractivity contribution in [2.24, 2.45) is 17.7 Å². The van der Waals surface area contributed by atoms with E-state index in [0.717, 1.165) is 16.7 Å². The Morgan fingerprint density at radius 1 is 1.22 bits per heavy atom. The van der Waals surface area contributed by atoms with E-state index in [1.807, 2.05) is 24.3 Å². The number of hydrogen-bond acceptors (Lipinski definition) is 3. The largest absolute Gasteiger partial charge is 0.459 e. The van der Waals surface area contributed by atoms with Crippen molar-refractivity contribution in [1.82, 2.24) is 5.43 Å². The highest BCUT2D eigenvalue weighted by Gasteiger charge is 2.24. The maximum atomic E-state index is 5.97. The predicted molar refractivity (Wildman–Crippen MR) is 75.3 cm³/mol. The van der Waals surface area contributed by atoms with E-state index in [9.17, 15) is 0 Å². The number of halogens is 1. The van der Waals surface area contributed by atoms with Gasteiger partial charge in [0.1, 0.15) is 11.3 Å². The van der Waals surface area contributed by atoms with Crippen molar-refractivity contribution in [3.63, 3.8) is 0 Å². The first-order valence-electron chi connectivity index (χ1n) is 6.18. The van der Waals surface area contributed by atoms with E-state index in [1.54, 1.807) is 0 Å². The van der Waals surface area contributed by atoms with E-state index in [0.29, 0.717) is 16.9 Å². The fourth-order valence-electron chi connectivity index (χ4n) is 2.07. The van der Waals surface area contributed by atoms with Crippen molar-refractivity contribution in [2.45, 2.75) is 26.8 Å². The molecular weight excluding hydrogens is 248 g/mol. The Balaban J connectivity index is 2.39. The molecule has 0 spiro atoms. The SMILES string of the molecule is CC(C)C(C)C(NN)c1cc2cc(Cl)ccc2o1. The van der Waals surface area contributed by atoms with Crippen LogP contribution in [-0.2, 0) is 0 Å². The van der Waals surface area contributed by atoms with Crippen LogP contribution in [0.15, 0.2) is 28.7 Å².